The van der Waals surface area contributed by atoms with Crippen LogP contribution in [0.15, 0.2) is 0 Å². The number of rotatable bonds is 1. The summed E-state index contributed by atoms with van der Waals surface area (Å²) in [7, 11) is 0. The summed E-state index contributed by atoms with van der Waals surface area (Å²) in [6.07, 6.45) is 0.432. The van der Waals surface area contributed by atoms with Crippen molar-refractivity contribution in [3.8, 4) is 0 Å². The average Bonchev–Trinajstić information content (AvgIpc) is 1.85. The number of carboxylic acid groups (broad SMARTS) is 1. The highest BCUT2D eigenvalue weighted by atomic mass is 16.4. The lowest BCUT2D eigenvalue weighted by molar-refractivity contribution is -0.139. The van der Waals surface area contributed by atoms with Crippen LogP contribution in [0.4, 0.5) is 4.79 Å². The first-order valence-corrected chi connectivity index (χ1v) is 3.39. The van der Waals surface area contributed by atoms with Crippen LogP contribution in [0.3, 0.4) is 0 Å². The van der Waals surface area contributed by atoms with Crippen molar-refractivity contribution >= 4 is 12.0 Å². The van der Waals surface area contributed by atoms with E-state index in [9.17, 15) is 9.59 Å². The van der Waals surface area contributed by atoms with Crippen LogP contribution >= 0.6 is 0 Å². The molecule has 2 unspecified atom stereocenters. The Labute approximate surface area is 63.8 Å². The lowest BCUT2D eigenvalue weighted by Gasteiger charge is -2.25. The number of carbonyl (C=O) groups excluding carboxylic acids is 1. The Balaban J connectivity index is 2.56. The summed E-state index contributed by atoms with van der Waals surface area (Å²) in [5.74, 6) is -0.980. The monoisotopic (exact) mass is 158 g/mol. The van der Waals surface area contributed by atoms with Crippen LogP contribution in [0, 0.1) is 0 Å². The maximum absolute atomic E-state index is 10.7. The Morgan fingerprint density at radius 3 is 2.73 bits per heavy atom. The zero-order valence-corrected chi connectivity index (χ0v) is 6.13. The SMILES string of the molecule is CC1CC(C(=O)O)NC(=O)N1. The van der Waals surface area contributed by atoms with Crippen LogP contribution in [-0.2, 0) is 4.79 Å². The van der Waals surface area contributed by atoms with Crippen molar-refractivity contribution < 1.29 is 14.7 Å². The molecule has 1 heterocycles. The standard InChI is InChI=1S/C6H10N2O3/c1-3-2-4(5(9)10)8-6(11)7-3/h3-4H,2H2,1H3,(H,9,10)(H2,7,8,11). The molecule has 0 radical (unpaired) electrons. The highest BCUT2D eigenvalue weighted by molar-refractivity contribution is 5.84. The molecule has 0 aromatic rings. The molecule has 0 bridgehead atoms. The van der Waals surface area contributed by atoms with Crippen LogP contribution < -0.4 is 10.6 Å². The molecule has 2 amide bonds. The van der Waals surface area contributed by atoms with Crippen molar-refractivity contribution in [3.63, 3.8) is 0 Å². The zero-order valence-electron chi connectivity index (χ0n) is 6.13. The van der Waals surface area contributed by atoms with Gasteiger partial charge in [-0.3, -0.25) is 0 Å². The van der Waals surface area contributed by atoms with E-state index in [1.807, 2.05) is 0 Å². The van der Waals surface area contributed by atoms with Crippen molar-refractivity contribution in [1.82, 2.24) is 10.6 Å². The summed E-state index contributed by atoms with van der Waals surface area (Å²) in [4.78, 5) is 21.1. The van der Waals surface area contributed by atoms with Crippen molar-refractivity contribution in [3.05, 3.63) is 0 Å². The van der Waals surface area contributed by atoms with Gasteiger partial charge < -0.3 is 15.7 Å². The first kappa shape index (κ1) is 7.84. The second kappa shape index (κ2) is 2.77. The van der Waals surface area contributed by atoms with Gasteiger partial charge in [0.15, 0.2) is 0 Å². The predicted octanol–water partition coefficient (Wildman–Crippen LogP) is -0.469. The summed E-state index contributed by atoms with van der Waals surface area (Å²) in [5, 5.41) is 13.4. The molecule has 1 rings (SSSR count). The number of carbonyl (C=O) groups is 2. The average molecular weight is 158 g/mol. The minimum absolute atomic E-state index is 0.0650. The van der Waals surface area contributed by atoms with E-state index in [0.29, 0.717) is 6.42 Å². The van der Waals surface area contributed by atoms with Gasteiger partial charge in [0, 0.05) is 6.04 Å². The Kier molecular flexibility index (Phi) is 1.98. The van der Waals surface area contributed by atoms with E-state index in [1.165, 1.54) is 0 Å². The Hall–Kier alpha value is -1.26. The summed E-state index contributed by atoms with van der Waals surface area (Å²) in [5.41, 5.74) is 0. The second-order valence-electron chi connectivity index (χ2n) is 2.65. The van der Waals surface area contributed by atoms with E-state index in [4.69, 9.17) is 5.11 Å². The van der Waals surface area contributed by atoms with Gasteiger partial charge in [0.2, 0.25) is 0 Å². The van der Waals surface area contributed by atoms with E-state index >= 15 is 0 Å². The summed E-state index contributed by atoms with van der Waals surface area (Å²) < 4.78 is 0. The van der Waals surface area contributed by atoms with Crippen LogP contribution in [0.25, 0.3) is 0 Å². The van der Waals surface area contributed by atoms with Gasteiger partial charge in [-0.1, -0.05) is 0 Å². The van der Waals surface area contributed by atoms with E-state index in [0.717, 1.165) is 0 Å². The number of carboxylic acids is 1. The van der Waals surface area contributed by atoms with E-state index < -0.39 is 18.0 Å². The number of aliphatic carboxylic acids is 1. The van der Waals surface area contributed by atoms with Gasteiger partial charge >= 0.3 is 12.0 Å². The third-order valence-corrected chi connectivity index (χ3v) is 1.57. The zero-order chi connectivity index (χ0) is 8.43. The Morgan fingerprint density at radius 1 is 1.64 bits per heavy atom. The smallest absolute Gasteiger partial charge is 0.326 e. The minimum Gasteiger partial charge on any atom is -0.480 e. The van der Waals surface area contributed by atoms with Gasteiger partial charge in [-0.05, 0) is 13.3 Å². The number of nitrogens with one attached hydrogen (secondary N) is 2. The molecular formula is C6H10N2O3. The fourth-order valence-electron chi connectivity index (χ4n) is 1.06. The van der Waals surface area contributed by atoms with Crippen LogP contribution in [0.2, 0.25) is 0 Å². The van der Waals surface area contributed by atoms with Gasteiger partial charge in [-0.2, -0.15) is 0 Å². The molecule has 0 aliphatic carbocycles. The minimum atomic E-state index is -0.980. The number of hydrogen-bond donors (Lipinski definition) is 3. The van der Waals surface area contributed by atoms with Crippen molar-refractivity contribution in [2.45, 2.75) is 25.4 Å². The van der Waals surface area contributed by atoms with Crippen LogP contribution in [-0.4, -0.2) is 29.2 Å². The highest BCUT2D eigenvalue weighted by Crippen LogP contribution is 2.02. The van der Waals surface area contributed by atoms with Crippen LogP contribution in [0.1, 0.15) is 13.3 Å². The Morgan fingerprint density at radius 2 is 2.27 bits per heavy atom. The first-order chi connectivity index (χ1) is 5.09. The number of amides is 2. The van der Waals surface area contributed by atoms with Gasteiger partial charge in [0.25, 0.3) is 0 Å². The normalized spacial score (nSPS) is 30.5. The Bertz CT molecular complexity index is 192. The summed E-state index contributed by atoms with van der Waals surface area (Å²) in [6, 6.07) is -1.21. The molecule has 0 aromatic heterocycles. The van der Waals surface area contributed by atoms with Crippen LogP contribution in [0.5, 0.6) is 0 Å². The molecule has 1 aliphatic rings. The second-order valence-corrected chi connectivity index (χ2v) is 2.65. The molecule has 0 spiro atoms. The quantitative estimate of drug-likeness (QED) is 0.482. The van der Waals surface area contributed by atoms with Gasteiger partial charge in [0.05, 0.1) is 0 Å². The molecule has 1 fully saturated rings. The van der Waals surface area contributed by atoms with Crippen molar-refractivity contribution in [1.29, 1.82) is 0 Å². The highest BCUT2D eigenvalue weighted by Gasteiger charge is 2.27. The summed E-state index contributed by atoms with van der Waals surface area (Å²) in [6.45, 7) is 1.77. The maximum Gasteiger partial charge on any atom is 0.326 e. The lowest BCUT2D eigenvalue weighted by atomic mass is 10.1. The van der Waals surface area contributed by atoms with E-state index in [-0.39, 0.29) is 6.04 Å². The van der Waals surface area contributed by atoms with Crippen molar-refractivity contribution in [2.75, 3.05) is 0 Å². The van der Waals surface area contributed by atoms with E-state index in [2.05, 4.69) is 10.6 Å². The van der Waals surface area contributed by atoms with Gasteiger partial charge in [-0.25, -0.2) is 9.59 Å². The molecule has 62 valence electrons. The fraction of sp³-hybridized carbons (Fsp3) is 0.667. The van der Waals surface area contributed by atoms with Gasteiger partial charge in [-0.15, -0.1) is 0 Å². The number of hydrogen-bond acceptors (Lipinski definition) is 2. The number of urea groups is 1. The molecule has 0 aromatic carbocycles. The van der Waals surface area contributed by atoms with Gasteiger partial charge in [0.1, 0.15) is 6.04 Å². The third-order valence-electron chi connectivity index (χ3n) is 1.57. The molecule has 2 atom stereocenters. The molecule has 1 saturated heterocycles. The first-order valence-electron chi connectivity index (χ1n) is 3.39. The molecule has 0 saturated carbocycles. The third kappa shape index (κ3) is 1.83. The van der Waals surface area contributed by atoms with Crippen molar-refractivity contribution in [2.24, 2.45) is 0 Å². The fourth-order valence-corrected chi connectivity index (χ4v) is 1.06. The topological polar surface area (TPSA) is 78.4 Å². The molecule has 5 nitrogen and oxygen atoms in total. The lowest BCUT2D eigenvalue weighted by Crippen LogP contribution is -2.56. The molecule has 3 N–H and O–H groups in total. The predicted molar refractivity (Wildman–Crippen MR) is 37.2 cm³/mol. The molecule has 5 heteroatoms. The largest absolute Gasteiger partial charge is 0.480 e. The summed E-state index contributed by atoms with van der Waals surface area (Å²) >= 11 is 0. The molecule has 1 aliphatic heterocycles. The molecule has 11 heavy (non-hydrogen) atoms. The molecular weight excluding hydrogens is 148 g/mol. The van der Waals surface area contributed by atoms with E-state index in [1.54, 1.807) is 6.92 Å². The maximum atomic E-state index is 10.7.